The van der Waals surface area contributed by atoms with Gasteiger partial charge in [-0.25, -0.2) is 8.42 Å². The molecule has 0 saturated heterocycles. The molecular weight excluding hydrogens is 210 g/mol. The van der Waals surface area contributed by atoms with E-state index in [1.54, 1.807) is 19.1 Å². The van der Waals surface area contributed by atoms with Gasteiger partial charge in [0.25, 0.3) is 0 Å². The van der Waals surface area contributed by atoms with E-state index in [2.05, 4.69) is 10.6 Å². The third-order valence-corrected chi connectivity index (χ3v) is 3.55. The lowest BCUT2D eigenvalue weighted by atomic mass is 10.2. The van der Waals surface area contributed by atoms with Gasteiger partial charge in [-0.3, -0.25) is 0 Å². The maximum absolute atomic E-state index is 11.7. The minimum absolute atomic E-state index is 0.00957. The van der Waals surface area contributed by atoms with Gasteiger partial charge < -0.3 is 0 Å². The van der Waals surface area contributed by atoms with Crippen molar-refractivity contribution in [3.8, 4) is 12.3 Å². The van der Waals surface area contributed by atoms with Crippen LogP contribution in [0.3, 0.4) is 0 Å². The molecule has 0 saturated carbocycles. The molecule has 1 aromatic carbocycles. The largest absolute Gasteiger partial charge is 0.241 e. The lowest BCUT2D eigenvalue weighted by Gasteiger charge is -2.07. The lowest BCUT2D eigenvalue weighted by molar-refractivity contribution is 0.585. The number of benzene rings is 1. The Morgan fingerprint density at radius 1 is 1.40 bits per heavy atom. The Balaban J connectivity index is 3.12. The van der Waals surface area contributed by atoms with Crippen LogP contribution in [0.4, 0.5) is 0 Å². The molecular formula is C11H13NO2S. The van der Waals surface area contributed by atoms with E-state index in [0.717, 1.165) is 11.1 Å². The third kappa shape index (κ3) is 2.82. The van der Waals surface area contributed by atoms with Gasteiger partial charge in [-0.2, -0.15) is 4.72 Å². The van der Waals surface area contributed by atoms with Crippen molar-refractivity contribution in [1.82, 2.24) is 4.72 Å². The molecule has 0 bridgehead atoms. The second-order valence-electron chi connectivity index (χ2n) is 3.30. The van der Waals surface area contributed by atoms with Gasteiger partial charge in [-0.05, 0) is 25.5 Å². The van der Waals surface area contributed by atoms with Crippen LogP contribution in [0.25, 0.3) is 0 Å². The first-order valence-electron chi connectivity index (χ1n) is 4.48. The minimum atomic E-state index is -3.46. The number of terminal acetylenes is 1. The van der Waals surface area contributed by atoms with Crippen LogP contribution in [-0.4, -0.2) is 15.0 Å². The predicted molar refractivity (Wildman–Crippen MR) is 59.9 cm³/mol. The van der Waals surface area contributed by atoms with Gasteiger partial charge in [-0.15, -0.1) is 6.42 Å². The van der Waals surface area contributed by atoms with Crippen molar-refractivity contribution < 1.29 is 8.42 Å². The highest BCUT2D eigenvalue weighted by molar-refractivity contribution is 7.89. The van der Waals surface area contributed by atoms with Crippen molar-refractivity contribution in [3.05, 3.63) is 29.3 Å². The first-order chi connectivity index (χ1) is 6.97. The third-order valence-electron chi connectivity index (χ3n) is 1.98. The van der Waals surface area contributed by atoms with Crippen LogP contribution in [0.2, 0.25) is 0 Å². The Hall–Kier alpha value is -1.31. The van der Waals surface area contributed by atoms with Gasteiger partial charge in [0.05, 0.1) is 11.4 Å². The molecule has 4 heteroatoms. The summed E-state index contributed by atoms with van der Waals surface area (Å²) >= 11 is 0. The first-order valence-corrected chi connectivity index (χ1v) is 5.96. The van der Waals surface area contributed by atoms with Crippen LogP contribution in [0, 0.1) is 26.2 Å². The van der Waals surface area contributed by atoms with Crippen molar-refractivity contribution in [2.45, 2.75) is 18.7 Å². The van der Waals surface area contributed by atoms with Crippen molar-refractivity contribution in [1.29, 1.82) is 0 Å². The molecule has 0 spiro atoms. The van der Waals surface area contributed by atoms with Crippen LogP contribution < -0.4 is 4.72 Å². The number of hydrogen-bond acceptors (Lipinski definition) is 2. The molecule has 80 valence electrons. The monoisotopic (exact) mass is 223 g/mol. The van der Waals surface area contributed by atoms with Gasteiger partial charge in [0.1, 0.15) is 0 Å². The van der Waals surface area contributed by atoms with Gasteiger partial charge >= 0.3 is 0 Å². The summed E-state index contributed by atoms with van der Waals surface area (Å²) in [5, 5.41) is 0. The van der Waals surface area contributed by atoms with Crippen LogP contribution in [-0.2, 0) is 10.0 Å². The van der Waals surface area contributed by atoms with Gasteiger partial charge in [0, 0.05) is 0 Å². The topological polar surface area (TPSA) is 46.2 Å². The second kappa shape index (κ2) is 4.47. The normalized spacial score (nSPS) is 11.0. The van der Waals surface area contributed by atoms with E-state index in [-0.39, 0.29) is 11.4 Å². The number of sulfonamides is 1. The Morgan fingerprint density at radius 2 is 2.07 bits per heavy atom. The molecule has 1 N–H and O–H groups in total. The molecule has 1 rings (SSSR count). The van der Waals surface area contributed by atoms with Crippen LogP contribution in [0.5, 0.6) is 0 Å². The molecule has 0 aromatic heterocycles. The fraction of sp³-hybridized carbons (Fsp3) is 0.273. The van der Waals surface area contributed by atoms with E-state index in [1.807, 2.05) is 13.0 Å². The van der Waals surface area contributed by atoms with Crippen molar-refractivity contribution in [3.63, 3.8) is 0 Å². The highest BCUT2D eigenvalue weighted by Gasteiger charge is 2.15. The Morgan fingerprint density at radius 3 is 2.60 bits per heavy atom. The predicted octanol–water partition coefficient (Wildman–Crippen LogP) is 1.21. The van der Waals surface area contributed by atoms with Gasteiger partial charge in [0.15, 0.2) is 0 Å². The molecule has 0 fully saturated rings. The molecule has 0 atom stereocenters. The van der Waals surface area contributed by atoms with E-state index in [0.29, 0.717) is 0 Å². The summed E-state index contributed by atoms with van der Waals surface area (Å²) in [5.41, 5.74) is 1.75. The maximum Gasteiger partial charge on any atom is 0.241 e. The highest BCUT2D eigenvalue weighted by atomic mass is 32.2. The summed E-state index contributed by atoms with van der Waals surface area (Å²) in [6.07, 6.45) is 5.00. The van der Waals surface area contributed by atoms with Crippen LogP contribution in [0.15, 0.2) is 23.1 Å². The zero-order valence-electron chi connectivity index (χ0n) is 8.74. The number of aryl methyl sites for hydroxylation is 2. The van der Waals surface area contributed by atoms with Gasteiger partial charge in [-0.1, -0.05) is 23.6 Å². The maximum atomic E-state index is 11.7. The average Bonchev–Trinajstić information content (AvgIpc) is 2.14. The molecule has 0 amide bonds. The molecule has 0 radical (unpaired) electrons. The second-order valence-corrected chi connectivity index (χ2v) is 5.03. The van der Waals surface area contributed by atoms with E-state index in [9.17, 15) is 8.42 Å². The molecule has 0 heterocycles. The Labute approximate surface area is 90.6 Å². The molecule has 0 aliphatic heterocycles. The van der Waals surface area contributed by atoms with Crippen LogP contribution >= 0.6 is 0 Å². The molecule has 0 aliphatic carbocycles. The molecule has 15 heavy (non-hydrogen) atoms. The van der Waals surface area contributed by atoms with E-state index >= 15 is 0 Å². The lowest BCUT2D eigenvalue weighted by Crippen LogP contribution is -2.24. The van der Waals surface area contributed by atoms with E-state index in [1.165, 1.54) is 0 Å². The summed E-state index contributed by atoms with van der Waals surface area (Å²) in [7, 11) is -3.46. The average molecular weight is 223 g/mol. The first kappa shape index (κ1) is 11.8. The summed E-state index contributed by atoms with van der Waals surface area (Å²) in [4.78, 5) is 0.281. The van der Waals surface area contributed by atoms with E-state index < -0.39 is 10.0 Å². The minimum Gasteiger partial charge on any atom is -0.207 e. The van der Waals surface area contributed by atoms with Crippen molar-refractivity contribution in [2.24, 2.45) is 0 Å². The summed E-state index contributed by atoms with van der Waals surface area (Å²) in [6, 6.07) is 5.17. The van der Waals surface area contributed by atoms with E-state index in [4.69, 9.17) is 6.42 Å². The number of hydrogen-bond donors (Lipinski definition) is 1. The zero-order valence-corrected chi connectivity index (χ0v) is 9.56. The summed E-state index contributed by atoms with van der Waals surface area (Å²) in [5.74, 6) is 2.23. The SMILES string of the molecule is C#CCNS(=O)(=O)c1ccc(C)cc1C. The zero-order chi connectivity index (χ0) is 11.5. The molecule has 3 nitrogen and oxygen atoms in total. The number of nitrogens with one attached hydrogen (secondary N) is 1. The fourth-order valence-corrected chi connectivity index (χ4v) is 2.47. The molecule has 0 unspecified atom stereocenters. The Bertz CT molecular complexity index is 498. The van der Waals surface area contributed by atoms with Crippen LogP contribution in [0.1, 0.15) is 11.1 Å². The van der Waals surface area contributed by atoms with Gasteiger partial charge in [0.2, 0.25) is 10.0 Å². The fourth-order valence-electron chi connectivity index (χ4n) is 1.32. The Kier molecular flexibility index (Phi) is 3.51. The summed E-state index contributed by atoms with van der Waals surface area (Å²) < 4.78 is 25.8. The van der Waals surface area contributed by atoms with Crippen molar-refractivity contribution in [2.75, 3.05) is 6.54 Å². The summed E-state index contributed by atoms with van der Waals surface area (Å²) in [6.45, 7) is 3.69. The highest BCUT2D eigenvalue weighted by Crippen LogP contribution is 2.15. The molecule has 0 aliphatic rings. The standard InChI is InChI=1S/C11H13NO2S/c1-4-7-12-15(13,14)11-6-5-9(2)8-10(11)3/h1,5-6,8,12H,7H2,2-3H3. The molecule has 1 aromatic rings. The smallest absolute Gasteiger partial charge is 0.207 e. The van der Waals surface area contributed by atoms with Crippen molar-refractivity contribution >= 4 is 10.0 Å². The number of rotatable bonds is 3. The quantitative estimate of drug-likeness (QED) is 0.783.